The lowest BCUT2D eigenvalue weighted by Crippen LogP contribution is -2.41. The molecule has 2 rings (SSSR count). The van der Waals surface area contributed by atoms with Crippen LogP contribution in [0.3, 0.4) is 0 Å². The Morgan fingerprint density at radius 2 is 2.06 bits per heavy atom. The second kappa shape index (κ2) is 4.61. The van der Waals surface area contributed by atoms with Gasteiger partial charge in [-0.2, -0.15) is 0 Å². The second-order valence-corrected chi connectivity index (χ2v) is 5.68. The van der Waals surface area contributed by atoms with E-state index in [9.17, 15) is 4.79 Å². The number of hydrogen-bond acceptors (Lipinski definition) is 3. The molecule has 0 atom stereocenters. The topological polar surface area (TPSA) is 41.6 Å². The monoisotopic (exact) mass is 248 g/mol. The largest absolute Gasteiger partial charge is 0.443 e. The van der Waals surface area contributed by atoms with E-state index in [4.69, 9.17) is 4.74 Å². The Labute approximate surface area is 108 Å². The van der Waals surface area contributed by atoms with Crippen molar-refractivity contribution in [3.63, 3.8) is 0 Å². The van der Waals surface area contributed by atoms with Crippen LogP contribution in [-0.4, -0.2) is 16.7 Å². The van der Waals surface area contributed by atoms with Gasteiger partial charge in [0.15, 0.2) is 0 Å². The highest BCUT2D eigenvalue weighted by molar-refractivity contribution is 5.67. The Bertz CT molecular complexity index is 463. The van der Waals surface area contributed by atoms with E-state index in [1.54, 1.807) is 0 Å². The Balaban J connectivity index is 1.96. The maximum atomic E-state index is 11.7. The molecule has 0 fully saturated rings. The summed E-state index contributed by atoms with van der Waals surface area (Å²) in [6.07, 6.45) is -0.395. The van der Waals surface area contributed by atoms with Gasteiger partial charge in [0.1, 0.15) is 5.60 Å². The van der Waals surface area contributed by atoms with Gasteiger partial charge in [-0.15, -0.1) is 0 Å². The number of nitrogens with one attached hydrogen (secondary N) is 1. The first-order valence-electron chi connectivity index (χ1n) is 6.17. The fraction of sp³-hybridized carbons (Fsp3) is 0.500. The van der Waals surface area contributed by atoms with Crippen molar-refractivity contribution in [3.8, 4) is 0 Å². The predicted molar refractivity (Wildman–Crippen MR) is 69.8 cm³/mol. The molecule has 0 saturated heterocycles. The van der Waals surface area contributed by atoms with Crippen LogP contribution in [0.2, 0.25) is 0 Å². The second-order valence-electron chi connectivity index (χ2n) is 5.68. The van der Waals surface area contributed by atoms with E-state index >= 15 is 0 Å². The summed E-state index contributed by atoms with van der Waals surface area (Å²) < 4.78 is 5.24. The number of fused-ring (bicyclic) bond motifs is 1. The van der Waals surface area contributed by atoms with Crippen LogP contribution in [-0.2, 0) is 17.8 Å². The van der Waals surface area contributed by atoms with Crippen molar-refractivity contribution < 1.29 is 9.53 Å². The number of benzene rings is 1. The van der Waals surface area contributed by atoms with Gasteiger partial charge in [0, 0.05) is 13.1 Å². The van der Waals surface area contributed by atoms with E-state index in [1.807, 2.05) is 31.8 Å². The quantitative estimate of drug-likeness (QED) is 0.831. The van der Waals surface area contributed by atoms with Crippen molar-refractivity contribution >= 4 is 6.09 Å². The molecule has 0 radical (unpaired) electrons. The van der Waals surface area contributed by atoms with Crippen molar-refractivity contribution in [2.75, 3.05) is 0 Å². The minimum Gasteiger partial charge on any atom is -0.443 e. The van der Waals surface area contributed by atoms with Gasteiger partial charge in [0.2, 0.25) is 0 Å². The predicted octanol–water partition coefficient (Wildman–Crippen LogP) is 2.75. The molecule has 1 aliphatic heterocycles. The van der Waals surface area contributed by atoms with Crippen molar-refractivity contribution in [3.05, 3.63) is 34.9 Å². The summed E-state index contributed by atoms with van der Waals surface area (Å²) in [4.78, 5) is 11.7. The van der Waals surface area contributed by atoms with Crippen LogP contribution in [0.4, 0.5) is 4.79 Å². The van der Waals surface area contributed by atoms with Gasteiger partial charge in [-0.1, -0.05) is 18.2 Å². The fourth-order valence-electron chi connectivity index (χ4n) is 2.10. The van der Waals surface area contributed by atoms with Gasteiger partial charge < -0.3 is 4.74 Å². The summed E-state index contributed by atoms with van der Waals surface area (Å²) in [6.45, 7) is 9.13. The maximum absolute atomic E-state index is 11.7. The van der Waals surface area contributed by atoms with E-state index in [0.717, 1.165) is 13.1 Å². The summed E-state index contributed by atoms with van der Waals surface area (Å²) in [5.41, 5.74) is 6.15. The van der Waals surface area contributed by atoms with Gasteiger partial charge in [0.05, 0.1) is 0 Å². The van der Waals surface area contributed by atoms with Crippen LogP contribution in [0, 0.1) is 6.92 Å². The normalized spacial score (nSPS) is 15.3. The average molecular weight is 248 g/mol. The highest BCUT2D eigenvalue weighted by atomic mass is 16.6. The Morgan fingerprint density at radius 3 is 2.67 bits per heavy atom. The molecule has 0 spiro atoms. The number of nitrogens with zero attached hydrogens (tertiary/aromatic N) is 1. The first-order valence-corrected chi connectivity index (χ1v) is 6.17. The lowest BCUT2D eigenvalue weighted by Gasteiger charge is -2.23. The molecule has 4 nitrogen and oxygen atoms in total. The molecule has 18 heavy (non-hydrogen) atoms. The summed E-state index contributed by atoms with van der Waals surface area (Å²) in [5, 5.41) is 1.88. The minimum absolute atomic E-state index is 0.395. The van der Waals surface area contributed by atoms with E-state index in [0.29, 0.717) is 0 Å². The van der Waals surface area contributed by atoms with Gasteiger partial charge in [-0.3, -0.25) is 5.43 Å². The molecule has 0 saturated carbocycles. The SMILES string of the molecule is Cc1cccc2c1CN(NC(=O)OC(C)(C)C)C2. The van der Waals surface area contributed by atoms with Crippen LogP contribution in [0.5, 0.6) is 0 Å². The van der Waals surface area contributed by atoms with Crippen molar-refractivity contribution in [2.24, 2.45) is 0 Å². The van der Waals surface area contributed by atoms with Crippen molar-refractivity contribution in [1.82, 2.24) is 10.4 Å². The van der Waals surface area contributed by atoms with Crippen LogP contribution < -0.4 is 5.43 Å². The molecule has 0 aromatic heterocycles. The number of carbonyl (C=O) groups excluding carboxylic acids is 1. The molecular formula is C14H20N2O2. The standard InChI is InChI=1S/C14H20N2O2/c1-10-6-5-7-11-8-16(9-12(10)11)15-13(17)18-14(2,3)4/h5-7H,8-9H2,1-4H3,(H,15,17). The molecule has 1 amide bonds. The third-order valence-corrected chi connectivity index (χ3v) is 2.87. The summed E-state index contributed by atoms with van der Waals surface area (Å²) in [7, 11) is 0. The number of ether oxygens (including phenoxy) is 1. The van der Waals surface area contributed by atoms with Crippen LogP contribution in [0.1, 0.15) is 37.5 Å². The van der Waals surface area contributed by atoms with Gasteiger partial charge in [0.25, 0.3) is 0 Å². The zero-order chi connectivity index (χ0) is 13.3. The summed E-state index contributed by atoms with van der Waals surface area (Å²) >= 11 is 0. The molecule has 1 aromatic carbocycles. The minimum atomic E-state index is -0.466. The molecule has 4 heteroatoms. The van der Waals surface area contributed by atoms with Gasteiger partial charge >= 0.3 is 6.09 Å². The lowest BCUT2D eigenvalue weighted by atomic mass is 10.1. The van der Waals surface area contributed by atoms with Crippen molar-refractivity contribution in [2.45, 2.75) is 46.4 Å². The lowest BCUT2D eigenvalue weighted by molar-refractivity contribution is 0.0323. The molecule has 1 aliphatic rings. The Kier molecular flexibility index (Phi) is 3.30. The van der Waals surface area contributed by atoms with Gasteiger partial charge in [-0.25, -0.2) is 9.80 Å². The number of amides is 1. The number of hydrogen-bond donors (Lipinski definition) is 1. The average Bonchev–Trinajstić information content (AvgIpc) is 2.58. The summed E-state index contributed by atoms with van der Waals surface area (Å²) in [5.74, 6) is 0. The molecule has 1 aromatic rings. The first kappa shape index (κ1) is 12.9. The molecule has 0 aliphatic carbocycles. The maximum Gasteiger partial charge on any atom is 0.422 e. The van der Waals surface area contributed by atoms with Crippen LogP contribution in [0.15, 0.2) is 18.2 Å². The Hall–Kier alpha value is -1.55. The highest BCUT2D eigenvalue weighted by Crippen LogP contribution is 2.24. The Morgan fingerprint density at radius 1 is 1.33 bits per heavy atom. The third kappa shape index (κ3) is 3.01. The van der Waals surface area contributed by atoms with E-state index < -0.39 is 11.7 Å². The van der Waals surface area contributed by atoms with E-state index in [1.165, 1.54) is 16.7 Å². The molecule has 0 bridgehead atoms. The number of hydrazine groups is 1. The molecular weight excluding hydrogens is 228 g/mol. The number of aryl methyl sites for hydroxylation is 1. The fourth-order valence-corrected chi connectivity index (χ4v) is 2.10. The van der Waals surface area contributed by atoms with Crippen LogP contribution in [0.25, 0.3) is 0 Å². The van der Waals surface area contributed by atoms with Crippen LogP contribution >= 0.6 is 0 Å². The molecule has 1 heterocycles. The van der Waals surface area contributed by atoms with E-state index in [-0.39, 0.29) is 0 Å². The number of rotatable bonds is 1. The third-order valence-electron chi connectivity index (χ3n) is 2.87. The van der Waals surface area contributed by atoms with Crippen molar-refractivity contribution in [1.29, 1.82) is 0 Å². The summed E-state index contributed by atoms with van der Waals surface area (Å²) in [6, 6.07) is 6.24. The molecule has 98 valence electrons. The zero-order valence-electron chi connectivity index (χ0n) is 11.4. The highest BCUT2D eigenvalue weighted by Gasteiger charge is 2.23. The number of carbonyl (C=O) groups is 1. The zero-order valence-corrected chi connectivity index (χ0v) is 11.4. The van der Waals surface area contributed by atoms with E-state index in [2.05, 4.69) is 24.5 Å². The smallest absolute Gasteiger partial charge is 0.422 e. The molecule has 1 N–H and O–H groups in total. The molecule has 0 unspecified atom stereocenters. The first-order chi connectivity index (χ1) is 8.35. The van der Waals surface area contributed by atoms with Gasteiger partial charge in [-0.05, 0) is 44.4 Å².